The van der Waals surface area contributed by atoms with Crippen molar-refractivity contribution in [2.45, 2.75) is 50.8 Å². The first-order valence-electron chi connectivity index (χ1n) is 7.02. The zero-order valence-electron chi connectivity index (χ0n) is 12.9. The molecule has 1 aromatic carbocycles. The molecule has 124 valence electrons. The lowest BCUT2D eigenvalue weighted by Crippen LogP contribution is -2.48. The molecule has 0 amide bonds. The van der Waals surface area contributed by atoms with Crippen LogP contribution in [0.2, 0.25) is 0 Å². The summed E-state index contributed by atoms with van der Waals surface area (Å²) in [6, 6.07) is 8.79. The number of carbonyl (C=O) groups excluding carboxylic acids is 1. The number of aliphatic hydroxyl groups is 1. The fraction of sp³-hybridized carbons (Fsp3) is 0.562. The van der Waals surface area contributed by atoms with Gasteiger partial charge in [-0.25, -0.2) is 4.79 Å². The van der Waals surface area contributed by atoms with Crippen LogP contribution in [0.4, 0.5) is 13.2 Å². The Morgan fingerprint density at radius 1 is 1.14 bits per heavy atom. The van der Waals surface area contributed by atoms with Gasteiger partial charge in [0.05, 0.1) is 13.0 Å². The van der Waals surface area contributed by atoms with Crippen molar-refractivity contribution in [3.8, 4) is 0 Å². The Morgan fingerprint density at radius 3 is 2.14 bits per heavy atom. The lowest BCUT2D eigenvalue weighted by molar-refractivity contribution is -0.201. The molecule has 0 aliphatic rings. The van der Waals surface area contributed by atoms with E-state index in [2.05, 4.69) is 4.74 Å². The summed E-state index contributed by atoms with van der Waals surface area (Å²) in [5, 5.41) is 10.3. The lowest BCUT2D eigenvalue weighted by Gasteiger charge is -2.35. The summed E-state index contributed by atoms with van der Waals surface area (Å²) in [6.07, 6.45) is -6.69. The predicted molar refractivity (Wildman–Crippen MR) is 76.3 cm³/mol. The average molecular weight is 318 g/mol. The van der Waals surface area contributed by atoms with Gasteiger partial charge >= 0.3 is 12.1 Å². The largest absolute Gasteiger partial charge is 0.464 e. The Labute approximate surface area is 128 Å². The number of rotatable bonds is 6. The van der Waals surface area contributed by atoms with Crippen LogP contribution in [0, 0.1) is 0 Å². The zero-order chi connectivity index (χ0) is 17.0. The minimum atomic E-state index is -4.67. The van der Waals surface area contributed by atoms with Crippen molar-refractivity contribution in [3.63, 3.8) is 0 Å². The second-order valence-corrected chi connectivity index (χ2v) is 5.97. The van der Waals surface area contributed by atoms with Crippen molar-refractivity contribution in [2.75, 3.05) is 6.61 Å². The first-order valence-corrected chi connectivity index (χ1v) is 7.02. The summed E-state index contributed by atoms with van der Waals surface area (Å²) in [7, 11) is 0. The van der Waals surface area contributed by atoms with Gasteiger partial charge in [0.2, 0.25) is 0 Å². The maximum absolute atomic E-state index is 12.8. The van der Waals surface area contributed by atoms with Gasteiger partial charge in [-0.3, -0.25) is 0 Å². The molecule has 0 radical (unpaired) electrons. The molecule has 0 aliphatic heterocycles. The van der Waals surface area contributed by atoms with Gasteiger partial charge in [0.25, 0.3) is 0 Å². The van der Waals surface area contributed by atoms with E-state index in [1.807, 2.05) is 0 Å². The van der Waals surface area contributed by atoms with Gasteiger partial charge in [0.15, 0.2) is 5.60 Å². The van der Waals surface area contributed by atoms with Crippen LogP contribution in [0.5, 0.6) is 0 Å². The summed E-state index contributed by atoms with van der Waals surface area (Å²) in [5.41, 5.74) is -2.69. The van der Waals surface area contributed by atoms with Gasteiger partial charge in [-0.05, 0) is 24.3 Å². The maximum Gasteiger partial charge on any atom is 0.392 e. The highest BCUT2D eigenvalue weighted by molar-refractivity contribution is 5.79. The zero-order valence-corrected chi connectivity index (χ0v) is 12.9. The molecular formula is C16H21F3O3. The number of hydrogen-bond donors (Lipinski definition) is 1. The fourth-order valence-electron chi connectivity index (χ4n) is 2.53. The Balaban J connectivity index is 3.09. The van der Waals surface area contributed by atoms with Crippen molar-refractivity contribution in [1.82, 2.24) is 0 Å². The molecular weight excluding hydrogens is 297 g/mol. The van der Waals surface area contributed by atoms with E-state index in [1.54, 1.807) is 44.2 Å². The van der Waals surface area contributed by atoms with Crippen LogP contribution in [0.15, 0.2) is 30.3 Å². The first kappa shape index (κ1) is 18.5. The molecule has 0 heterocycles. The number of halogens is 3. The molecule has 0 aliphatic carbocycles. The number of benzene rings is 1. The molecule has 1 unspecified atom stereocenters. The average Bonchev–Trinajstić information content (AvgIpc) is 2.37. The minimum absolute atomic E-state index is 0.0925. The van der Waals surface area contributed by atoms with Crippen LogP contribution >= 0.6 is 0 Å². The van der Waals surface area contributed by atoms with E-state index in [9.17, 15) is 23.1 Å². The molecule has 22 heavy (non-hydrogen) atoms. The monoisotopic (exact) mass is 318 g/mol. The van der Waals surface area contributed by atoms with Gasteiger partial charge in [0.1, 0.15) is 0 Å². The van der Waals surface area contributed by atoms with E-state index in [4.69, 9.17) is 0 Å². The van der Waals surface area contributed by atoms with Crippen molar-refractivity contribution in [1.29, 1.82) is 0 Å². The van der Waals surface area contributed by atoms with Crippen LogP contribution in [0.25, 0.3) is 0 Å². The van der Waals surface area contributed by atoms with Crippen molar-refractivity contribution in [3.05, 3.63) is 35.9 Å². The van der Waals surface area contributed by atoms with Gasteiger partial charge in [-0.2, -0.15) is 13.2 Å². The molecule has 6 heteroatoms. The highest BCUT2D eigenvalue weighted by Gasteiger charge is 2.50. The number of alkyl halides is 3. The molecule has 0 saturated heterocycles. The van der Waals surface area contributed by atoms with Gasteiger partial charge < -0.3 is 9.84 Å². The Morgan fingerprint density at radius 2 is 1.68 bits per heavy atom. The SMILES string of the molecule is CCOC(=O)C(O)(CC(F)(F)F)CC(C)(C)c1ccccc1. The highest BCUT2D eigenvalue weighted by atomic mass is 19.4. The van der Waals surface area contributed by atoms with E-state index in [1.165, 1.54) is 6.92 Å². The second-order valence-electron chi connectivity index (χ2n) is 5.97. The molecule has 1 aromatic rings. The molecule has 1 atom stereocenters. The number of carbonyl (C=O) groups is 1. The second kappa shape index (κ2) is 6.69. The third kappa shape index (κ3) is 5.02. The number of hydrogen-bond acceptors (Lipinski definition) is 3. The van der Waals surface area contributed by atoms with Crippen molar-refractivity contribution in [2.24, 2.45) is 0 Å². The van der Waals surface area contributed by atoms with Crippen LogP contribution in [-0.2, 0) is 14.9 Å². The van der Waals surface area contributed by atoms with Crippen LogP contribution in [0.1, 0.15) is 39.2 Å². The topological polar surface area (TPSA) is 46.5 Å². The smallest absolute Gasteiger partial charge is 0.392 e. The molecule has 0 aromatic heterocycles. The van der Waals surface area contributed by atoms with Gasteiger partial charge in [0, 0.05) is 0 Å². The molecule has 0 fully saturated rings. The Hall–Kier alpha value is -1.56. The van der Waals surface area contributed by atoms with Crippen molar-refractivity contribution >= 4 is 5.97 Å². The summed E-state index contributed by atoms with van der Waals surface area (Å²) < 4.78 is 42.9. The lowest BCUT2D eigenvalue weighted by atomic mass is 9.74. The first-order chi connectivity index (χ1) is 10.0. The van der Waals surface area contributed by atoms with Gasteiger partial charge in [-0.15, -0.1) is 0 Å². The molecule has 1 N–H and O–H groups in total. The minimum Gasteiger partial charge on any atom is -0.464 e. The van der Waals surface area contributed by atoms with E-state index in [-0.39, 0.29) is 13.0 Å². The quantitative estimate of drug-likeness (QED) is 0.815. The predicted octanol–water partition coefficient (Wildman–Crippen LogP) is 3.60. The van der Waals surface area contributed by atoms with E-state index >= 15 is 0 Å². The summed E-state index contributed by atoms with van der Waals surface area (Å²) in [4.78, 5) is 11.9. The molecule has 0 bridgehead atoms. The Kier molecular flexibility index (Phi) is 5.62. The molecule has 0 spiro atoms. The normalized spacial score (nSPS) is 15.2. The third-order valence-corrected chi connectivity index (χ3v) is 3.44. The van der Waals surface area contributed by atoms with Gasteiger partial charge in [-0.1, -0.05) is 44.2 Å². The summed E-state index contributed by atoms with van der Waals surface area (Å²) in [6.45, 7) is 4.75. The summed E-state index contributed by atoms with van der Waals surface area (Å²) >= 11 is 0. The van der Waals surface area contributed by atoms with E-state index in [0.29, 0.717) is 0 Å². The Bertz CT molecular complexity index is 497. The highest BCUT2D eigenvalue weighted by Crippen LogP contribution is 2.38. The molecule has 1 rings (SSSR count). The van der Waals surface area contributed by atoms with Crippen LogP contribution in [0.3, 0.4) is 0 Å². The van der Waals surface area contributed by atoms with E-state index < -0.39 is 29.6 Å². The number of ether oxygens (including phenoxy) is 1. The summed E-state index contributed by atoms with van der Waals surface area (Å²) in [5.74, 6) is -1.24. The van der Waals surface area contributed by atoms with Crippen LogP contribution < -0.4 is 0 Å². The standard InChI is InChI=1S/C16H21F3O3/c1-4-22-13(20)15(21,11-16(17,18)19)10-14(2,3)12-8-6-5-7-9-12/h5-9,21H,4,10-11H2,1-3H3. The van der Waals surface area contributed by atoms with Crippen LogP contribution in [-0.4, -0.2) is 29.5 Å². The van der Waals surface area contributed by atoms with Crippen molar-refractivity contribution < 1.29 is 27.8 Å². The maximum atomic E-state index is 12.8. The van der Waals surface area contributed by atoms with E-state index in [0.717, 1.165) is 5.56 Å². The molecule has 3 nitrogen and oxygen atoms in total. The molecule has 0 saturated carbocycles. The number of esters is 1. The third-order valence-electron chi connectivity index (χ3n) is 3.44. The fourth-order valence-corrected chi connectivity index (χ4v) is 2.53.